The van der Waals surface area contributed by atoms with Crippen molar-refractivity contribution in [3.05, 3.63) is 53.3 Å². The van der Waals surface area contributed by atoms with E-state index in [-0.39, 0.29) is 6.10 Å². The van der Waals surface area contributed by atoms with Crippen LogP contribution in [0.4, 0.5) is 0 Å². The molecule has 2 heterocycles. The molecular formula is C17H24N4O. The topological polar surface area (TPSA) is 53.2 Å². The summed E-state index contributed by atoms with van der Waals surface area (Å²) in [5, 5.41) is 10.5. The Kier molecular flexibility index (Phi) is 5.21. The molecule has 2 N–H and O–H groups in total. The van der Waals surface area contributed by atoms with Gasteiger partial charge in [-0.05, 0) is 12.5 Å². The molecule has 1 aromatic heterocycles. The van der Waals surface area contributed by atoms with Gasteiger partial charge in [-0.15, -0.1) is 0 Å². The molecule has 1 fully saturated rings. The van der Waals surface area contributed by atoms with Gasteiger partial charge in [0.1, 0.15) is 0 Å². The van der Waals surface area contributed by atoms with Crippen LogP contribution in [0.1, 0.15) is 16.8 Å². The second-order valence-electron chi connectivity index (χ2n) is 5.86. The summed E-state index contributed by atoms with van der Waals surface area (Å²) < 4.78 is 5.87. The number of nitrogens with one attached hydrogen (secondary N) is 2. The lowest BCUT2D eigenvalue weighted by molar-refractivity contribution is -0.0300. The summed E-state index contributed by atoms with van der Waals surface area (Å²) in [5.41, 5.74) is 3.71. The largest absolute Gasteiger partial charge is 0.374 e. The highest BCUT2D eigenvalue weighted by atomic mass is 16.5. The number of H-pyrrole nitrogens is 1. The van der Waals surface area contributed by atoms with Crippen molar-refractivity contribution >= 4 is 0 Å². The third-order valence-corrected chi connectivity index (χ3v) is 4.09. The maximum absolute atomic E-state index is 5.87. The molecule has 0 spiro atoms. The van der Waals surface area contributed by atoms with Crippen LogP contribution in [-0.4, -0.2) is 47.4 Å². The SMILES string of the molecule is Cc1[nH]ncc1CNC[C@@H]1CN(Cc2ccccc2)CCO1. The summed E-state index contributed by atoms with van der Waals surface area (Å²) in [4.78, 5) is 2.47. The standard InChI is InChI=1S/C17H24N4O/c1-14-16(10-19-20-14)9-18-11-17-13-21(7-8-22-17)12-15-5-3-2-4-6-15/h2-6,10,17-18H,7-9,11-13H2,1H3,(H,19,20)/t17-/m1/s1. The Hall–Kier alpha value is -1.69. The maximum atomic E-state index is 5.87. The first kappa shape index (κ1) is 15.2. The fourth-order valence-corrected chi connectivity index (χ4v) is 2.81. The van der Waals surface area contributed by atoms with Crippen molar-refractivity contribution in [2.24, 2.45) is 0 Å². The van der Waals surface area contributed by atoms with E-state index in [9.17, 15) is 0 Å². The van der Waals surface area contributed by atoms with E-state index in [1.165, 1.54) is 11.1 Å². The minimum absolute atomic E-state index is 0.254. The molecule has 22 heavy (non-hydrogen) atoms. The summed E-state index contributed by atoms with van der Waals surface area (Å²) in [7, 11) is 0. The van der Waals surface area contributed by atoms with Crippen molar-refractivity contribution in [3.63, 3.8) is 0 Å². The molecule has 1 atom stereocenters. The molecular weight excluding hydrogens is 276 g/mol. The van der Waals surface area contributed by atoms with Crippen LogP contribution in [0.2, 0.25) is 0 Å². The number of morpholine rings is 1. The average Bonchev–Trinajstić information content (AvgIpc) is 2.94. The first-order valence-electron chi connectivity index (χ1n) is 7.88. The van der Waals surface area contributed by atoms with E-state index < -0.39 is 0 Å². The Bertz CT molecular complexity index is 569. The Labute approximate surface area is 131 Å². The van der Waals surface area contributed by atoms with Crippen molar-refractivity contribution in [2.75, 3.05) is 26.2 Å². The maximum Gasteiger partial charge on any atom is 0.0826 e. The van der Waals surface area contributed by atoms with E-state index in [1.807, 2.05) is 13.1 Å². The Morgan fingerprint density at radius 3 is 3.00 bits per heavy atom. The Balaban J connectivity index is 1.43. The fraction of sp³-hybridized carbons (Fsp3) is 0.471. The molecule has 0 saturated carbocycles. The van der Waals surface area contributed by atoms with Crippen molar-refractivity contribution in [1.82, 2.24) is 20.4 Å². The van der Waals surface area contributed by atoms with Crippen molar-refractivity contribution in [3.8, 4) is 0 Å². The monoisotopic (exact) mass is 300 g/mol. The molecule has 1 aliphatic rings. The summed E-state index contributed by atoms with van der Waals surface area (Å²) in [5.74, 6) is 0. The Morgan fingerprint density at radius 1 is 1.36 bits per heavy atom. The molecule has 1 saturated heterocycles. The minimum Gasteiger partial charge on any atom is -0.374 e. The third kappa shape index (κ3) is 4.16. The van der Waals surface area contributed by atoms with Gasteiger partial charge in [0.25, 0.3) is 0 Å². The molecule has 5 nitrogen and oxygen atoms in total. The van der Waals surface area contributed by atoms with Gasteiger partial charge in [-0.25, -0.2) is 0 Å². The van der Waals surface area contributed by atoms with Crippen LogP contribution < -0.4 is 5.32 Å². The lowest BCUT2D eigenvalue weighted by Crippen LogP contribution is -2.46. The van der Waals surface area contributed by atoms with Crippen molar-refractivity contribution in [2.45, 2.75) is 26.1 Å². The predicted molar refractivity (Wildman–Crippen MR) is 86.5 cm³/mol. The van der Waals surface area contributed by atoms with Crippen LogP contribution in [-0.2, 0) is 17.8 Å². The molecule has 0 aliphatic carbocycles. The zero-order chi connectivity index (χ0) is 15.2. The van der Waals surface area contributed by atoms with Crippen LogP contribution in [0, 0.1) is 6.92 Å². The second-order valence-corrected chi connectivity index (χ2v) is 5.86. The molecule has 0 unspecified atom stereocenters. The number of nitrogens with zero attached hydrogens (tertiary/aromatic N) is 2. The minimum atomic E-state index is 0.254. The molecule has 1 aromatic carbocycles. The normalized spacial score (nSPS) is 19.4. The number of hydrogen-bond donors (Lipinski definition) is 2. The number of ether oxygens (including phenoxy) is 1. The first-order valence-corrected chi connectivity index (χ1v) is 7.88. The van der Waals surface area contributed by atoms with Gasteiger partial charge in [0.2, 0.25) is 0 Å². The smallest absolute Gasteiger partial charge is 0.0826 e. The lowest BCUT2D eigenvalue weighted by atomic mass is 10.2. The number of rotatable bonds is 6. The number of hydrogen-bond acceptors (Lipinski definition) is 4. The van der Waals surface area contributed by atoms with Crippen LogP contribution in [0.5, 0.6) is 0 Å². The van der Waals surface area contributed by atoms with Crippen molar-refractivity contribution in [1.29, 1.82) is 0 Å². The highest BCUT2D eigenvalue weighted by Crippen LogP contribution is 2.10. The molecule has 0 amide bonds. The van der Waals surface area contributed by atoms with Crippen LogP contribution >= 0.6 is 0 Å². The van der Waals surface area contributed by atoms with Gasteiger partial charge in [-0.3, -0.25) is 10.00 Å². The molecule has 2 aromatic rings. The molecule has 0 radical (unpaired) electrons. The third-order valence-electron chi connectivity index (χ3n) is 4.09. The van der Waals surface area contributed by atoms with Gasteiger partial charge in [0, 0.05) is 44.0 Å². The van der Waals surface area contributed by atoms with Gasteiger partial charge in [0.05, 0.1) is 18.9 Å². The summed E-state index contributed by atoms with van der Waals surface area (Å²) >= 11 is 0. The summed E-state index contributed by atoms with van der Waals surface area (Å²) in [6.45, 7) is 7.55. The second kappa shape index (κ2) is 7.54. The number of aryl methyl sites for hydroxylation is 1. The van der Waals surface area contributed by atoms with E-state index in [4.69, 9.17) is 4.74 Å². The van der Waals surface area contributed by atoms with Crippen LogP contribution in [0.15, 0.2) is 36.5 Å². The molecule has 5 heteroatoms. The van der Waals surface area contributed by atoms with Gasteiger partial charge < -0.3 is 10.1 Å². The van der Waals surface area contributed by atoms with Gasteiger partial charge in [-0.1, -0.05) is 30.3 Å². The number of benzene rings is 1. The van der Waals surface area contributed by atoms with E-state index in [0.717, 1.165) is 45.0 Å². The van der Waals surface area contributed by atoms with Gasteiger partial charge in [-0.2, -0.15) is 5.10 Å². The predicted octanol–water partition coefficient (Wildman–Crippen LogP) is 1.71. The molecule has 118 valence electrons. The quantitative estimate of drug-likeness (QED) is 0.853. The van der Waals surface area contributed by atoms with Gasteiger partial charge >= 0.3 is 0 Å². The summed E-state index contributed by atoms with van der Waals surface area (Å²) in [6, 6.07) is 10.6. The lowest BCUT2D eigenvalue weighted by Gasteiger charge is -2.33. The Morgan fingerprint density at radius 2 is 2.23 bits per heavy atom. The van der Waals surface area contributed by atoms with Crippen LogP contribution in [0.3, 0.4) is 0 Å². The van der Waals surface area contributed by atoms with E-state index in [2.05, 4.69) is 50.7 Å². The van der Waals surface area contributed by atoms with E-state index in [0.29, 0.717) is 0 Å². The highest BCUT2D eigenvalue weighted by molar-refractivity contribution is 5.15. The fourth-order valence-electron chi connectivity index (χ4n) is 2.81. The number of aromatic amines is 1. The average molecular weight is 300 g/mol. The molecule has 3 rings (SSSR count). The first-order chi connectivity index (χ1) is 10.8. The van der Waals surface area contributed by atoms with Gasteiger partial charge in [0.15, 0.2) is 0 Å². The zero-order valence-electron chi connectivity index (χ0n) is 13.1. The number of aromatic nitrogens is 2. The highest BCUT2D eigenvalue weighted by Gasteiger charge is 2.20. The summed E-state index contributed by atoms with van der Waals surface area (Å²) in [6.07, 6.45) is 2.14. The van der Waals surface area contributed by atoms with E-state index >= 15 is 0 Å². The van der Waals surface area contributed by atoms with Crippen LogP contribution in [0.25, 0.3) is 0 Å². The van der Waals surface area contributed by atoms with E-state index in [1.54, 1.807) is 0 Å². The van der Waals surface area contributed by atoms with Crippen molar-refractivity contribution < 1.29 is 4.74 Å². The zero-order valence-corrected chi connectivity index (χ0v) is 13.1. The molecule has 1 aliphatic heterocycles. The molecule has 0 bridgehead atoms.